The second-order valence-corrected chi connectivity index (χ2v) is 6.97. The van der Waals surface area contributed by atoms with E-state index in [-0.39, 0.29) is 5.41 Å². The lowest BCUT2D eigenvalue weighted by atomic mass is 9.88. The van der Waals surface area contributed by atoms with Gasteiger partial charge in [-0.05, 0) is 30.5 Å². The van der Waals surface area contributed by atoms with Crippen LogP contribution in [0.15, 0.2) is 34.1 Å². The van der Waals surface area contributed by atoms with Gasteiger partial charge < -0.3 is 5.73 Å². The van der Waals surface area contributed by atoms with E-state index in [4.69, 9.17) is 10.7 Å². The van der Waals surface area contributed by atoms with Crippen molar-refractivity contribution in [1.82, 2.24) is 4.98 Å². The first-order chi connectivity index (χ1) is 8.50. The largest absolute Gasteiger partial charge is 0.330 e. The van der Waals surface area contributed by atoms with Crippen molar-refractivity contribution < 1.29 is 0 Å². The van der Waals surface area contributed by atoms with Gasteiger partial charge in [-0.2, -0.15) is 0 Å². The van der Waals surface area contributed by atoms with Gasteiger partial charge in [0.2, 0.25) is 0 Å². The van der Waals surface area contributed by atoms with Gasteiger partial charge in [-0.25, -0.2) is 4.98 Å². The van der Waals surface area contributed by atoms with Crippen molar-refractivity contribution in [1.29, 1.82) is 0 Å². The van der Waals surface area contributed by atoms with Crippen LogP contribution in [0.25, 0.3) is 10.6 Å². The molecule has 0 aliphatic heterocycles. The Morgan fingerprint density at radius 1 is 1.28 bits per heavy atom. The van der Waals surface area contributed by atoms with Crippen LogP contribution in [0.2, 0.25) is 0 Å². The molecule has 1 heterocycles. The van der Waals surface area contributed by atoms with Gasteiger partial charge in [0, 0.05) is 15.4 Å². The molecule has 0 aliphatic rings. The first-order valence-corrected chi connectivity index (χ1v) is 7.58. The van der Waals surface area contributed by atoms with E-state index in [0.29, 0.717) is 6.54 Å². The van der Waals surface area contributed by atoms with Crippen LogP contribution in [0.1, 0.15) is 19.5 Å². The number of hydrogen-bond donors (Lipinski definition) is 1. The number of thiazole rings is 1. The van der Waals surface area contributed by atoms with Gasteiger partial charge in [0.1, 0.15) is 5.01 Å². The third-order valence-corrected chi connectivity index (χ3v) is 4.32. The van der Waals surface area contributed by atoms with Crippen molar-refractivity contribution in [3.05, 3.63) is 39.8 Å². The van der Waals surface area contributed by atoms with Crippen molar-refractivity contribution in [2.24, 2.45) is 11.1 Å². The summed E-state index contributed by atoms with van der Waals surface area (Å²) in [6.45, 7) is 5.02. The molecule has 2 rings (SSSR count). The third kappa shape index (κ3) is 3.40. The van der Waals surface area contributed by atoms with Crippen LogP contribution in [0.4, 0.5) is 0 Å². The van der Waals surface area contributed by atoms with Crippen molar-refractivity contribution in [2.75, 3.05) is 6.54 Å². The second-order valence-electron chi connectivity index (χ2n) is 5.20. The molecule has 0 radical (unpaired) electrons. The quantitative estimate of drug-likeness (QED) is 0.919. The lowest BCUT2D eigenvalue weighted by Crippen LogP contribution is -2.26. The van der Waals surface area contributed by atoms with Crippen molar-refractivity contribution >= 4 is 27.3 Å². The van der Waals surface area contributed by atoms with Gasteiger partial charge in [0.25, 0.3) is 0 Å². The Bertz CT molecular complexity index is 517. The van der Waals surface area contributed by atoms with Crippen LogP contribution in [-0.2, 0) is 6.42 Å². The molecule has 4 heteroatoms. The van der Waals surface area contributed by atoms with E-state index in [1.165, 1.54) is 5.56 Å². The summed E-state index contributed by atoms with van der Waals surface area (Å²) < 4.78 is 1.09. The molecule has 96 valence electrons. The molecule has 0 spiro atoms. The standard InChI is InChI=1S/C14H17BrN2S/c1-14(2,9-16)7-12-8-18-13(17-12)10-3-5-11(15)6-4-10/h3-6,8H,7,9,16H2,1-2H3. The number of benzene rings is 1. The van der Waals surface area contributed by atoms with Gasteiger partial charge in [-0.15, -0.1) is 11.3 Å². The minimum atomic E-state index is 0.116. The first-order valence-electron chi connectivity index (χ1n) is 5.90. The van der Waals surface area contributed by atoms with E-state index < -0.39 is 0 Å². The minimum absolute atomic E-state index is 0.116. The molecule has 0 unspecified atom stereocenters. The van der Waals surface area contributed by atoms with Crippen LogP contribution in [0, 0.1) is 5.41 Å². The summed E-state index contributed by atoms with van der Waals surface area (Å²) >= 11 is 5.13. The molecule has 0 saturated carbocycles. The maximum atomic E-state index is 5.76. The molecule has 2 N–H and O–H groups in total. The molecule has 18 heavy (non-hydrogen) atoms. The van der Waals surface area contributed by atoms with E-state index in [0.717, 1.165) is 21.6 Å². The molecular formula is C14H17BrN2S. The van der Waals surface area contributed by atoms with Crippen LogP contribution >= 0.6 is 27.3 Å². The lowest BCUT2D eigenvalue weighted by Gasteiger charge is -2.20. The number of hydrogen-bond acceptors (Lipinski definition) is 3. The predicted molar refractivity (Wildman–Crippen MR) is 81.8 cm³/mol. The molecule has 0 aliphatic carbocycles. The molecule has 0 fully saturated rings. The van der Waals surface area contributed by atoms with E-state index in [2.05, 4.69) is 47.3 Å². The molecule has 0 amide bonds. The Balaban J connectivity index is 2.18. The maximum Gasteiger partial charge on any atom is 0.123 e. The zero-order valence-electron chi connectivity index (χ0n) is 10.6. The predicted octanol–water partition coefficient (Wildman–Crippen LogP) is 4.10. The van der Waals surface area contributed by atoms with Gasteiger partial charge in [0.05, 0.1) is 5.69 Å². The minimum Gasteiger partial charge on any atom is -0.330 e. The van der Waals surface area contributed by atoms with Crippen LogP contribution in [0.3, 0.4) is 0 Å². The highest BCUT2D eigenvalue weighted by atomic mass is 79.9. The summed E-state index contributed by atoms with van der Waals surface area (Å²) in [6, 6.07) is 8.25. The summed E-state index contributed by atoms with van der Waals surface area (Å²) in [5.74, 6) is 0. The fourth-order valence-electron chi connectivity index (χ4n) is 1.68. The van der Waals surface area contributed by atoms with Crippen LogP contribution < -0.4 is 5.73 Å². The topological polar surface area (TPSA) is 38.9 Å². The highest BCUT2D eigenvalue weighted by Gasteiger charge is 2.18. The van der Waals surface area contributed by atoms with Gasteiger partial charge >= 0.3 is 0 Å². The van der Waals surface area contributed by atoms with Gasteiger partial charge in [0.15, 0.2) is 0 Å². The molecule has 0 saturated heterocycles. The van der Waals surface area contributed by atoms with E-state index in [1.54, 1.807) is 11.3 Å². The molecular weight excluding hydrogens is 308 g/mol. The number of aromatic nitrogens is 1. The van der Waals surface area contributed by atoms with E-state index in [9.17, 15) is 0 Å². The van der Waals surface area contributed by atoms with Crippen molar-refractivity contribution in [3.8, 4) is 10.6 Å². The normalized spacial score (nSPS) is 11.8. The monoisotopic (exact) mass is 324 g/mol. The second kappa shape index (κ2) is 5.51. The summed E-state index contributed by atoms with van der Waals surface area (Å²) in [7, 11) is 0. The van der Waals surface area contributed by atoms with E-state index >= 15 is 0 Å². The fraction of sp³-hybridized carbons (Fsp3) is 0.357. The maximum absolute atomic E-state index is 5.76. The summed E-state index contributed by atoms with van der Waals surface area (Å²) in [4.78, 5) is 4.69. The van der Waals surface area contributed by atoms with Crippen LogP contribution in [-0.4, -0.2) is 11.5 Å². The van der Waals surface area contributed by atoms with Crippen LogP contribution in [0.5, 0.6) is 0 Å². The van der Waals surface area contributed by atoms with Gasteiger partial charge in [-0.1, -0.05) is 41.9 Å². The Morgan fingerprint density at radius 3 is 2.56 bits per heavy atom. The number of nitrogens with two attached hydrogens (primary N) is 1. The molecule has 1 aromatic carbocycles. The summed E-state index contributed by atoms with van der Waals surface area (Å²) in [5, 5.41) is 3.21. The zero-order chi connectivity index (χ0) is 13.2. The van der Waals surface area contributed by atoms with Crippen molar-refractivity contribution in [2.45, 2.75) is 20.3 Å². The van der Waals surface area contributed by atoms with E-state index in [1.807, 2.05) is 12.1 Å². The SMILES string of the molecule is CC(C)(CN)Cc1csc(-c2ccc(Br)cc2)n1. The molecule has 2 nitrogen and oxygen atoms in total. The lowest BCUT2D eigenvalue weighted by molar-refractivity contribution is 0.373. The zero-order valence-corrected chi connectivity index (χ0v) is 13.0. The Hall–Kier alpha value is -0.710. The van der Waals surface area contributed by atoms with Crippen molar-refractivity contribution in [3.63, 3.8) is 0 Å². The number of halogens is 1. The molecule has 0 atom stereocenters. The average Bonchev–Trinajstić information content (AvgIpc) is 2.78. The molecule has 2 aromatic rings. The fourth-order valence-corrected chi connectivity index (χ4v) is 2.77. The highest BCUT2D eigenvalue weighted by molar-refractivity contribution is 9.10. The highest BCUT2D eigenvalue weighted by Crippen LogP contribution is 2.28. The summed E-state index contributed by atoms with van der Waals surface area (Å²) in [5.41, 5.74) is 8.17. The van der Waals surface area contributed by atoms with Gasteiger partial charge in [-0.3, -0.25) is 0 Å². The third-order valence-electron chi connectivity index (χ3n) is 2.86. The number of rotatable bonds is 4. The number of nitrogens with zero attached hydrogens (tertiary/aromatic N) is 1. The Morgan fingerprint density at radius 2 is 1.94 bits per heavy atom. The Kier molecular flexibility index (Phi) is 4.20. The molecule has 0 bridgehead atoms. The Labute approximate surface area is 120 Å². The average molecular weight is 325 g/mol. The first kappa shape index (κ1) is 13.7. The smallest absolute Gasteiger partial charge is 0.123 e. The molecule has 1 aromatic heterocycles. The summed E-state index contributed by atoms with van der Waals surface area (Å²) in [6.07, 6.45) is 0.927.